The minimum Gasteiger partial charge on any atom is -0.0622 e. The third-order valence-electron chi connectivity index (χ3n) is 18.9. The van der Waals surface area contributed by atoms with Crippen LogP contribution in [0.5, 0.6) is 0 Å². The molecule has 0 unspecified atom stereocenters. The molecule has 18 rings (SSSR count). The number of fused-ring (bicyclic) bond motifs is 13. The van der Waals surface area contributed by atoms with Crippen LogP contribution in [-0.2, 0) is 0 Å². The fourth-order valence-corrected chi connectivity index (χ4v) is 14.5. The first-order valence-electron chi connectivity index (χ1n) is 31.9. The van der Waals surface area contributed by atoms with E-state index in [4.69, 9.17) is 0 Å². The minimum atomic E-state index is 1.21. The van der Waals surface area contributed by atoms with Crippen molar-refractivity contribution in [2.45, 2.75) is 0 Å². The standard InChI is InChI=1S/C54H36.C38H24/c1-7-19-37(20-8-1)43-31-49-50(32-44(43)38-21-9-2-10-22-38)52-34-46(40-25-13-4-14-26-40)48(42-29-17-6-18-30-42)36-54(52)53-35-47(41-27-15-5-16-28-41)45(33-51(49)53)39-23-11-3-12-24-39;1-2-12-27-22-28(21-20-25(27)10-1)35-23-37-34-18-8-7-17-33(34)36(24-38(37)32-16-6-5-15-31(32)35)30-19-9-13-26-11-3-4-14-29(26)30/h1-36H;1-24H. The predicted octanol–water partition coefficient (Wildman–Crippen LogP) is 25.9. The third-order valence-corrected chi connectivity index (χ3v) is 18.9. The van der Waals surface area contributed by atoms with Gasteiger partial charge in [0.1, 0.15) is 0 Å². The van der Waals surface area contributed by atoms with Crippen molar-refractivity contribution in [2.24, 2.45) is 0 Å². The zero-order chi connectivity index (χ0) is 60.9. The van der Waals surface area contributed by atoms with Crippen molar-refractivity contribution in [1.29, 1.82) is 0 Å². The Morgan fingerprint density at radius 3 is 0.739 bits per heavy atom. The van der Waals surface area contributed by atoms with E-state index in [0.29, 0.717) is 0 Å². The van der Waals surface area contributed by atoms with E-state index in [1.807, 2.05) is 0 Å². The highest BCUT2D eigenvalue weighted by molar-refractivity contribution is 6.30. The van der Waals surface area contributed by atoms with Crippen LogP contribution in [0.4, 0.5) is 0 Å². The van der Waals surface area contributed by atoms with Gasteiger partial charge in [0.05, 0.1) is 0 Å². The summed E-state index contributed by atoms with van der Waals surface area (Å²) in [6.45, 7) is 0. The van der Waals surface area contributed by atoms with Gasteiger partial charge >= 0.3 is 0 Å². The Morgan fingerprint density at radius 1 is 0.0978 bits per heavy atom. The fourth-order valence-electron chi connectivity index (χ4n) is 14.5. The molecule has 0 radical (unpaired) electrons. The molecule has 18 aromatic carbocycles. The van der Waals surface area contributed by atoms with Crippen LogP contribution in [-0.4, -0.2) is 0 Å². The van der Waals surface area contributed by atoms with Gasteiger partial charge in [0, 0.05) is 0 Å². The monoisotopic (exact) mass is 1160 g/mol. The first-order valence-corrected chi connectivity index (χ1v) is 31.9. The van der Waals surface area contributed by atoms with Crippen molar-refractivity contribution in [1.82, 2.24) is 0 Å². The van der Waals surface area contributed by atoms with Crippen LogP contribution < -0.4 is 0 Å². The molecule has 0 heteroatoms. The highest BCUT2D eigenvalue weighted by Gasteiger charge is 2.22. The lowest BCUT2D eigenvalue weighted by molar-refractivity contribution is 1.59. The normalized spacial score (nSPS) is 11.5. The van der Waals surface area contributed by atoms with E-state index in [1.54, 1.807) is 0 Å². The van der Waals surface area contributed by atoms with Crippen LogP contribution in [0.15, 0.2) is 364 Å². The van der Waals surface area contributed by atoms with Gasteiger partial charge in [-0.25, -0.2) is 0 Å². The lowest BCUT2D eigenvalue weighted by Gasteiger charge is -2.21. The van der Waals surface area contributed by atoms with Gasteiger partial charge in [-0.1, -0.05) is 309 Å². The molecule has 0 fully saturated rings. The molecule has 0 heterocycles. The highest BCUT2D eigenvalue weighted by atomic mass is 14.3. The number of hydrogen-bond donors (Lipinski definition) is 0. The summed E-state index contributed by atoms with van der Waals surface area (Å²) in [6, 6.07) is 133. The van der Waals surface area contributed by atoms with Gasteiger partial charge in [-0.15, -0.1) is 0 Å². The Hall–Kier alpha value is -12.0. The average molecular weight is 1170 g/mol. The molecule has 0 saturated carbocycles. The molecular formula is C92H60. The Labute approximate surface area is 535 Å². The molecule has 0 amide bonds. The molecule has 0 saturated heterocycles. The summed E-state index contributed by atoms with van der Waals surface area (Å²) in [5, 5.41) is 20.3. The molecule has 428 valence electrons. The maximum absolute atomic E-state index is 2.46. The largest absolute Gasteiger partial charge is 0.0622 e. The van der Waals surface area contributed by atoms with E-state index in [-0.39, 0.29) is 0 Å². The lowest BCUT2D eigenvalue weighted by atomic mass is 9.82. The molecule has 0 aliphatic rings. The summed E-state index contributed by atoms with van der Waals surface area (Å²) in [5.41, 5.74) is 19.7. The first kappa shape index (κ1) is 54.2. The van der Waals surface area contributed by atoms with Crippen molar-refractivity contribution in [3.63, 3.8) is 0 Å². The highest BCUT2D eigenvalue weighted by Crippen LogP contribution is 2.49. The summed E-state index contributed by atoms with van der Waals surface area (Å²) in [5.74, 6) is 0. The second-order valence-corrected chi connectivity index (χ2v) is 24.1. The van der Waals surface area contributed by atoms with Crippen LogP contribution in [0.25, 0.3) is 175 Å². The molecule has 0 atom stereocenters. The van der Waals surface area contributed by atoms with Crippen LogP contribution in [0.2, 0.25) is 0 Å². The maximum Gasteiger partial charge on any atom is -0.00921 e. The van der Waals surface area contributed by atoms with Crippen LogP contribution in [0.3, 0.4) is 0 Å². The molecule has 92 heavy (non-hydrogen) atoms. The van der Waals surface area contributed by atoms with E-state index in [1.165, 1.54) is 175 Å². The Kier molecular flexibility index (Phi) is 13.7. The lowest BCUT2D eigenvalue weighted by Crippen LogP contribution is -1.94. The van der Waals surface area contributed by atoms with Crippen LogP contribution in [0.1, 0.15) is 0 Å². The van der Waals surface area contributed by atoms with Crippen LogP contribution >= 0.6 is 0 Å². The van der Waals surface area contributed by atoms with E-state index in [9.17, 15) is 0 Å². The van der Waals surface area contributed by atoms with Crippen LogP contribution in [0, 0.1) is 0 Å². The summed E-state index contributed by atoms with van der Waals surface area (Å²) in [6.07, 6.45) is 0. The van der Waals surface area contributed by atoms with Crippen molar-refractivity contribution in [3.05, 3.63) is 364 Å². The zero-order valence-corrected chi connectivity index (χ0v) is 50.6. The zero-order valence-electron chi connectivity index (χ0n) is 50.6. The number of benzene rings is 18. The van der Waals surface area contributed by atoms with E-state index in [2.05, 4.69) is 364 Å². The number of rotatable bonds is 8. The molecule has 0 aliphatic heterocycles. The van der Waals surface area contributed by atoms with Gasteiger partial charge in [-0.3, -0.25) is 0 Å². The summed E-state index contributed by atoms with van der Waals surface area (Å²) < 4.78 is 0. The molecule has 0 aliphatic carbocycles. The Morgan fingerprint density at radius 2 is 0.359 bits per heavy atom. The summed E-state index contributed by atoms with van der Waals surface area (Å²) >= 11 is 0. The van der Waals surface area contributed by atoms with Gasteiger partial charge < -0.3 is 0 Å². The van der Waals surface area contributed by atoms with Gasteiger partial charge in [0.15, 0.2) is 0 Å². The van der Waals surface area contributed by atoms with Gasteiger partial charge in [-0.05, 0) is 230 Å². The summed E-state index contributed by atoms with van der Waals surface area (Å²) in [7, 11) is 0. The molecular weight excluding hydrogens is 1110 g/mol. The number of hydrogen-bond acceptors (Lipinski definition) is 0. The smallest absolute Gasteiger partial charge is 0.00921 e. The van der Waals surface area contributed by atoms with Gasteiger partial charge in [0.25, 0.3) is 0 Å². The second-order valence-electron chi connectivity index (χ2n) is 24.1. The van der Waals surface area contributed by atoms with E-state index < -0.39 is 0 Å². The molecule has 0 nitrogen and oxygen atoms in total. The molecule has 0 N–H and O–H groups in total. The SMILES string of the molecule is c1ccc(-c2cc3c4cc(-c5ccccc5)c(-c5ccccc5)cc4c4cc(-c5ccccc5)c(-c5ccccc5)cc4c3cc2-c2ccccc2)cc1.c1ccc2cc(-c3cc4c5ccccc5c(-c5cccc6ccccc56)cc4c4ccccc34)ccc2c1. The molecule has 0 spiro atoms. The Balaban J connectivity index is 0.000000149. The van der Waals surface area contributed by atoms with Gasteiger partial charge in [0.2, 0.25) is 0 Å². The minimum absolute atomic E-state index is 1.21. The van der Waals surface area contributed by atoms with Gasteiger partial charge in [-0.2, -0.15) is 0 Å². The van der Waals surface area contributed by atoms with Crippen molar-refractivity contribution in [2.75, 3.05) is 0 Å². The van der Waals surface area contributed by atoms with Crippen molar-refractivity contribution < 1.29 is 0 Å². The Bertz CT molecular complexity index is 5250. The van der Waals surface area contributed by atoms with Crippen molar-refractivity contribution in [3.8, 4) is 89.0 Å². The molecule has 18 aromatic rings. The van der Waals surface area contributed by atoms with E-state index >= 15 is 0 Å². The first-order chi connectivity index (χ1) is 45.6. The second kappa shape index (κ2) is 23.2. The van der Waals surface area contributed by atoms with Crippen molar-refractivity contribution >= 4 is 86.2 Å². The average Bonchev–Trinajstić information content (AvgIpc) is 0.726. The third kappa shape index (κ3) is 9.65. The molecule has 0 bridgehead atoms. The summed E-state index contributed by atoms with van der Waals surface area (Å²) in [4.78, 5) is 0. The molecule has 0 aromatic heterocycles. The predicted molar refractivity (Wildman–Crippen MR) is 396 cm³/mol. The topological polar surface area (TPSA) is 0 Å². The quantitative estimate of drug-likeness (QED) is 0.133. The fraction of sp³-hybridized carbons (Fsp3) is 0. The van der Waals surface area contributed by atoms with E-state index in [0.717, 1.165) is 0 Å². The maximum atomic E-state index is 2.46.